The molecular formula is C11H18N2O2. The molecule has 0 spiro atoms. The van der Waals surface area contributed by atoms with Gasteiger partial charge < -0.3 is 9.80 Å². The minimum Gasteiger partial charge on any atom is -0.334 e. The maximum atomic E-state index is 11.8. The van der Waals surface area contributed by atoms with Gasteiger partial charge in [-0.15, -0.1) is 0 Å². The standard InChI is InChI=1S/C11H18N2O2/c14-10(12-6-2-1-3-7-12)11(15)13-8-4-5-9-13/h1-9H2. The second kappa shape index (κ2) is 4.64. The van der Waals surface area contributed by atoms with Crippen LogP contribution in [0, 0.1) is 0 Å². The highest BCUT2D eigenvalue weighted by Gasteiger charge is 2.29. The van der Waals surface area contributed by atoms with Gasteiger partial charge in [0.1, 0.15) is 0 Å². The van der Waals surface area contributed by atoms with E-state index in [1.807, 2.05) is 0 Å². The van der Waals surface area contributed by atoms with Crippen molar-refractivity contribution in [2.45, 2.75) is 32.1 Å². The molecule has 2 heterocycles. The zero-order chi connectivity index (χ0) is 10.7. The third-order valence-electron chi connectivity index (χ3n) is 3.22. The highest BCUT2D eigenvalue weighted by Crippen LogP contribution is 2.12. The molecule has 0 saturated carbocycles. The molecule has 0 aromatic rings. The van der Waals surface area contributed by atoms with E-state index >= 15 is 0 Å². The Morgan fingerprint density at radius 1 is 0.600 bits per heavy atom. The predicted octanol–water partition coefficient (Wildman–Crippen LogP) is 0.621. The highest BCUT2D eigenvalue weighted by atomic mass is 16.2. The summed E-state index contributed by atoms with van der Waals surface area (Å²) in [5.74, 6) is -0.564. The van der Waals surface area contributed by atoms with Crippen LogP contribution in [0.3, 0.4) is 0 Å². The Labute approximate surface area is 90.2 Å². The van der Waals surface area contributed by atoms with Crippen LogP contribution in [-0.4, -0.2) is 47.8 Å². The summed E-state index contributed by atoms with van der Waals surface area (Å²) in [5, 5.41) is 0. The minimum absolute atomic E-state index is 0.281. The molecule has 0 unspecified atom stereocenters. The van der Waals surface area contributed by atoms with E-state index in [1.165, 1.54) is 6.42 Å². The van der Waals surface area contributed by atoms with Crippen molar-refractivity contribution in [3.8, 4) is 0 Å². The first kappa shape index (κ1) is 10.5. The first-order chi connectivity index (χ1) is 7.29. The fraction of sp³-hybridized carbons (Fsp3) is 0.818. The summed E-state index contributed by atoms with van der Waals surface area (Å²) < 4.78 is 0. The van der Waals surface area contributed by atoms with Crippen LogP contribution >= 0.6 is 0 Å². The predicted molar refractivity (Wildman–Crippen MR) is 56.2 cm³/mol. The van der Waals surface area contributed by atoms with Crippen LogP contribution in [0.1, 0.15) is 32.1 Å². The number of carbonyl (C=O) groups is 2. The van der Waals surface area contributed by atoms with E-state index in [9.17, 15) is 9.59 Å². The van der Waals surface area contributed by atoms with Crippen molar-refractivity contribution in [2.24, 2.45) is 0 Å². The molecular weight excluding hydrogens is 192 g/mol. The summed E-state index contributed by atoms with van der Waals surface area (Å²) in [6.07, 6.45) is 5.35. The molecule has 2 saturated heterocycles. The molecule has 0 N–H and O–H groups in total. The molecule has 4 heteroatoms. The van der Waals surface area contributed by atoms with E-state index in [1.54, 1.807) is 9.80 Å². The molecule has 0 bridgehead atoms. The average Bonchev–Trinajstić information content (AvgIpc) is 2.82. The lowest BCUT2D eigenvalue weighted by Gasteiger charge is -2.27. The second-order valence-electron chi connectivity index (χ2n) is 4.35. The van der Waals surface area contributed by atoms with Crippen molar-refractivity contribution in [3.05, 3.63) is 0 Å². The van der Waals surface area contributed by atoms with Crippen molar-refractivity contribution >= 4 is 11.8 Å². The summed E-state index contributed by atoms with van der Waals surface area (Å²) in [5.41, 5.74) is 0. The van der Waals surface area contributed by atoms with Gasteiger partial charge in [-0.2, -0.15) is 0 Å². The first-order valence-corrected chi connectivity index (χ1v) is 5.87. The molecule has 84 valence electrons. The first-order valence-electron chi connectivity index (χ1n) is 5.87. The fourth-order valence-corrected chi connectivity index (χ4v) is 2.29. The van der Waals surface area contributed by atoms with Crippen molar-refractivity contribution in [1.82, 2.24) is 9.80 Å². The van der Waals surface area contributed by atoms with Gasteiger partial charge in [-0.25, -0.2) is 0 Å². The second-order valence-corrected chi connectivity index (χ2v) is 4.35. The largest absolute Gasteiger partial charge is 0.334 e. The zero-order valence-corrected chi connectivity index (χ0v) is 9.07. The van der Waals surface area contributed by atoms with Gasteiger partial charge in [0.2, 0.25) is 0 Å². The molecule has 2 fully saturated rings. The lowest BCUT2D eigenvalue weighted by atomic mass is 10.1. The Balaban J connectivity index is 1.90. The van der Waals surface area contributed by atoms with Crippen LogP contribution in [0.4, 0.5) is 0 Å². The van der Waals surface area contributed by atoms with Gasteiger partial charge in [-0.1, -0.05) is 0 Å². The number of carbonyl (C=O) groups excluding carboxylic acids is 2. The molecule has 0 aromatic carbocycles. The Hall–Kier alpha value is -1.06. The average molecular weight is 210 g/mol. The molecule has 4 nitrogen and oxygen atoms in total. The third kappa shape index (κ3) is 2.30. The van der Waals surface area contributed by atoms with E-state index in [4.69, 9.17) is 0 Å². The van der Waals surface area contributed by atoms with Crippen molar-refractivity contribution in [1.29, 1.82) is 0 Å². The molecule has 15 heavy (non-hydrogen) atoms. The van der Waals surface area contributed by atoms with E-state index in [0.717, 1.165) is 51.9 Å². The van der Waals surface area contributed by atoms with Crippen LogP contribution in [0.25, 0.3) is 0 Å². The SMILES string of the molecule is O=C(C(=O)N1CCCC1)N1CCCCC1. The van der Waals surface area contributed by atoms with Gasteiger partial charge in [-0.3, -0.25) is 9.59 Å². The molecule has 0 aromatic heterocycles. The van der Waals surface area contributed by atoms with Gasteiger partial charge in [0.15, 0.2) is 0 Å². The van der Waals surface area contributed by atoms with Crippen LogP contribution in [-0.2, 0) is 9.59 Å². The number of likely N-dealkylation sites (tertiary alicyclic amines) is 2. The summed E-state index contributed by atoms with van der Waals surface area (Å²) in [6, 6.07) is 0. The molecule has 2 amide bonds. The van der Waals surface area contributed by atoms with Crippen molar-refractivity contribution < 1.29 is 9.59 Å². The Kier molecular flexibility index (Phi) is 3.23. The zero-order valence-electron chi connectivity index (χ0n) is 9.07. The normalized spacial score (nSPS) is 21.9. The van der Waals surface area contributed by atoms with Crippen molar-refractivity contribution in [3.63, 3.8) is 0 Å². The van der Waals surface area contributed by atoms with Crippen molar-refractivity contribution in [2.75, 3.05) is 26.2 Å². The van der Waals surface area contributed by atoms with Gasteiger partial charge in [0.05, 0.1) is 0 Å². The molecule has 0 radical (unpaired) electrons. The van der Waals surface area contributed by atoms with Crippen LogP contribution in [0.15, 0.2) is 0 Å². The summed E-state index contributed by atoms with van der Waals surface area (Å²) in [4.78, 5) is 27.0. The van der Waals surface area contributed by atoms with Gasteiger partial charge in [0, 0.05) is 26.2 Å². The Morgan fingerprint density at radius 3 is 1.33 bits per heavy atom. The molecule has 2 rings (SSSR count). The quantitative estimate of drug-likeness (QED) is 0.550. The van der Waals surface area contributed by atoms with Crippen LogP contribution < -0.4 is 0 Å². The van der Waals surface area contributed by atoms with E-state index < -0.39 is 0 Å². The van der Waals surface area contributed by atoms with Gasteiger partial charge in [0.25, 0.3) is 0 Å². The van der Waals surface area contributed by atoms with E-state index in [2.05, 4.69) is 0 Å². The maximum absolute atomic E-state index is 11.8. The number of hydrogen-bond acceptors (Lipinski definition) is 2. The number of amides is 2. The number of nitrogens with zero attached hydrogens (tertiary/aromatic N) is 2. The molecule has 2 aliphatic rings. The van der Waals surface area contributed by atoms with Gasteiger partial charge >= 0.3 is 11.8 Å². The van der Waals surface area contributed by atoms with E-state index in [0.29, 0.717) is 0 Å². The maximum Gasteiger partial charge on any atom is 0.312 e. The minimum atomic E-state index is -0.283. The number of hydrogen-bond donors (Lipinski definition) is 0. The van der Waals surface area contributed by atoms with Gasteiger partial charge in [-0.05, 0) is 32.1 Å². The van der Waals surface area contributed by atoms with E-state index in [-0.39, 0.29) is 11.8 Å². The third-order valence-corrected chi connectivity index (χ3v) is 3.22. The summed E-state index contributed by atoms with van der Waals surface area (Å²) in [7, 11) is 0. The highest BCUT2D eigenvalue weighted by molar-refractivity contribution is 6.34. The lowest BCUT2D eigenvalue weighted by molar-refractivity contribution is -0.151. The molecule has 2 aliphatic heterocycles. The molecule has 0 atom stereocenters. The Bertz CT molecular complexity index is 253. The monoisotopic (exact) mass is 210 g/mol. The summed E-state index contributed by atoms with van der Waals surface area (Å²) in [6.45, 7) is 3.05. The van der Waals surface area contributed by atoms with Crippen LogP contribution in [0.2, 0.25) is 0 Å². The lowest BCUT2D eigenvalue weighted by Crippen LogP contribution is -2.46. The van der Waals surface area contributed by atoms with Crippen LogP contribution in [0.5, 0.6) is 0 Å². The smallest absolute Gasteiger partial charge is 0.312 e. The summed E-state index contributed by atoms with van der Waals surface area (Å²) >= 11 is 0. The number of piperidine rings is 1. The number of rotatable bonds is 0. The molecule has 0 aliphatic carbocycles. The topological polar surface area (TPSA) is 40.6 Å². The Morgan fingerprint density at radius 2 is 0.933 bits per heavy atom. The fourth-order valence-electron chi connectivity index (χ4n) is 2.29.